The molecule has 1 aromatic heterocycles. The maximum Gasteiger partial charge on any atom is 0.252 e. The van der Waals surface area contributed by atoms with E-state index in [4.69, 9.17) is 11.6 Å². The van der Waals surface area contributed by atoms with Crippen LogP contribution in [0.15, 0.2) is 18.5 Å². The Balaban J connectivity index is 1.88. The lowest BCUT2D eigenvalue weighted by molar-refractivity contribution is 0.0944. The van der Waals surface area contributed by atoms with E-state index in [1.807, 2.05) is 0 Å². The third kappa shape index (κ3) is 3.19. The average molecular weight is 271 g/mol. The zero-order valence-corrected chi connectivity index (χ0v) is 10.8. The number of alkyl halides is 1. The lowest BCUT2D eigenvalue weighted by Gasteiger charge is -2.17. The summed E-state index contributed by atoms with van der Waals surface area (Å²) in [5.41, 5.74) is 0.260. The average Bonchev–Trinajstić information content (AvgIpc) is 2.83. The second kappa shape index (κ2) is 6.14. The molecule has 0 radical (unpaired) electrons. The Bertz CT molecular complexity index is 427. The van der Waals surface area contributed by atoms with Crippen LogP contribution in [0.5, 0.6) is 0 Å². The highest BCUT2D eigenvalue weighted by molar-refractivity contribution is 6.18. The molecule has 2 rings (SSSR count). The van der Waals surface area contributed by atoms with Crippen molar-refractivity contribution in [2.75, 3.05) is 12.4 Å². The summed E-state index contributed by atoms with van der Waals surface area (Å²) in [5.74, 6) is 0.789. The number of nitrogens with zero attached hydrogens (tertiary/aromatic N) is 1. The minimum absolute atomic E-state index is 0.260. The first-order chi connectivity index (χ1) is 8.70. The molecule has 2 unspecified atom stereocenters. The minimum Gasteiger partial charge on any atom is -0.352 e. The zero-order valence-electron chi connectivity index (χ0n) is 10.0. The predicted molar refractivity (Wildman–Crippen MR) is 68.1 cm³/mol. The van der Waals surface area contributed by atoms with Gasteiger partial charge in [0.05, 0.1) is 11.8 Å². The van der Waals surface area contributed by atoms with Crippen molar-refractivity contribution < 1.29 is 9.18 Å². The summed E-state index contributed by atoms with van der Waals surface area (Å²) in [7, 11) is 0. The van der Waals surface area contributed by atoms with Crippen LogP contribution in [0, 0.1) is 17.7 Å². The van der Waals surface area contributed by atoms with Crippen LogP contribution in [0.4, 0.5) is 4.39 Å². The van der Waals surface area contributed by atoms with E-state index in [1.165, 1.54) is 18.7 Å². The van der Waals surface area contributed by atoms with Crippen molar-refractivity contribution in [1.29, 1.82) is 0 Å². The molecule has 1 N–H and O–H groups in total. The molecule has 18 heavy (non-hydrogen) atoms. The second-order valence-corrected chi connectivity index (χ2v) is 5.02. The van der Waals surface area contributed by atoms with E-state index in [0.29, 0.717) is 24.3 Å². The smallest absolute Gasteiger partial charge is 0.252 e. The van der Waals surface area contributed by atoms with Gasteiger partial charge in [0.25, 0.3) is 5.91 Å². The Morgan fingerprint density at radius 1 is 1.44 bits per heavy atom. The molecule has 0 spiro atoms. The monoisotopic (exact) mass is 270 g/mol. The summed E-state index contributed by atoms with van der Waals surface area (Å²) in [4.78, 5) is 15.5. The predicted octanol–water partition coefficient (Wildman–Crippen LogP) is 2.61. The third-order valence-electron chi connectivity index (χ3n) is 3.51. The van der Waals surface area contributed by atoms with Crippen LogP contribution in [0.25, 0.3) is 0 Å². The summed E-state index contributed by atoms with van der Waals surface area (Å²) < 4.78 is 12.9. The number of rotatable bonds is 4. The normalized spacial score (nSPS) is 23.0. The van der Waals surface area contributed by atoms with Crippen LogP contribution in [0.1, 0.15) is 29.6 Å². The van der Waals surface area contributed by atoms with E-state index >= 15 is 0 Å². The number of pyridine rings is 1. The van der Waals surface area contributed by atoms with Crippen molar-refractivity contribution in [3.63, 3.8) is 0 Å². The van der Waals surface area contributed by atoms with Crippen LogP contribution >= 0.6 is 11.6 Å². The van der Waals surface area contributed by atoms with Gasteiger partial charge in [0.1, 0.15) is 5.82 Å². The van der Waals surface area contributed by atoms with E-state index in [9.17, 15) is 9.18 Å². The topological polar surface area (TPSA) is 42.0 Å². The fourth-order valence-corrected chi connectivity index (χ4v) is 2.85. The van der Waals surface area contributed by atoms with E-state index in [1.54, 1.807) is 0 Å². The van der Waals surface area contributed by atoms with Gasteiger partial charge in [-0.1, -0.05) is 6.42 Å². The number of aromatic nitrogens is 1. The van der Waals surface area contributed by atoms with Crippen molar-refractivity contribution in [1.82, 2.24) is 10.3 Å². The van der Waals surface area contributed by atoms with E-state index < -0.39 is 5.82 Å². The van der Waals surface area contributed by atoms with E-state index in [-0.39, 0.29) is 11.5 Å². The maximum absolute atomic E-state index is 12.9. The number of carbonyl (C=O) groups is 1. The first kappa shape index (κ1) is 13.3. The molecular weight excluding hydrogens is 255 g/mol. The lowest BCUT2D eigenvalue weighted by Crippen LogP contribution is -2.31. The Labute approximate surface area is 111 Å². The zero-order chi connectivity index (χ0) is 13.0. The molecule has 1 aliphatic rings. The first-order valence-corrected chi connectivity index (χ1v) is 6.69. The molecule has 1 aromatic rings. The Morgan fingerprint density at radius 2 is 2.22 bits per heavy atom. The highest BCUT2D eigenvalue weighted by atomic mass is 35.5. The van der Waals surface area contributed by atoms with Crippen molar-refractivity contribution in [3.8, 4) is 0 Å². The molecule has 1 fully saturated rings. The molecule has 1 saturated carbocycles. The maximum atomic E-state index is 12.9. The van der Waals surface area contributed by atoms with Crippen LogP contribution in [0.3, 0.4) is 0 Å². The molecule has 0 aromatic carbocycles. The molecular formula is C13H16ClFN2O. The van der Waals surface area contributed by atoms with Gasteiger partial charge in [0, 0.05) is 18.6 Å². The van der Waals surface area contributed by atoms with Gasteiger partial charge < -0.3 is 5.32 Å². The van der Waals surface area contributed by atoms with Gasteiger partial charge in [-0.15, -0.1) is 11.6 Å². The largest absolute Gasteiger partial charge is 0.352 e. The summed E-state index contributed by atoms with van der Waals surface area (Å²) in [6.45, 7) is 0.604. The van der Waals surface area contributed by atoms with Crippen LogP contribution in [0.2, 0.25) is 0 Å². The van der Waals surface area contributed by atoms with E-state index in [0.717, 1.165) is 19.0 Å². The highest BCUT2D eigenvalue weighted by Crippen LogP contribution is 2.31. The van der Waals surface area contributed by atoms with Gasteiger partial charge in [-0.25, -0.2) is 4.39 Å². The Hall–Kier alpha value is -1.16. The fraction of sp³-hybridized carbons (Fsp3) is 0.538. The van der Waals surface area contributed by atoms with Gasteiger partial charge in [0.15, 0.2) is 0 Å². The van der Waals surface area contributed by atoms with Crippen molar-refractivity contribution in [2.24, 2.45) is 11.8 Å². The van der Waals surface area contributed by atoms with Crippen LogP contribution in [-0.4, -0.2) is 23.3 Å². The SMILES string of the molecule is O=C(NCC1CCCC1CCl)c1cncc(F)c1. The van der Waals surface area contributed by atoms with Crippen molar-refractivity contribution in [2.45, 2.75) is 19.3 Å². The molecule has 0 aliphatic heterocycles. The van der Waals surface area contributed by atoms with Crippen LogP contribution < -0.4 is 5.32 Å². The number of nitrogens with one attached hydrogen (secondary N) is 1. The van der Waals surface area contributed by atoms with Gasteiger partial charge in [0.2, 0.25) is 0 Å². The third-order valence-corrected chi connectivity index (χ3v) is 3.90. The molecule has 3 nitrogen and oxygen atoms in total. The first-order valence-electron chi connectivity index (χ1n) is 6.15. The van der Waals surface area contributed by atoms with Gasteiger partial charge in [-0.2, -0.15) is 0 Å². The lowest BCUT2D eigenvalue weighted by atomic mass is 9.98. The van der Waals surface area contributed by atoms with Gasteiger partial charge >= 0.3 is 0 Å². The molecule has 5 heteroatoms. The Kier molecular flexibility index (Phi) is 4.53. The molecule has 1 heterocycles. The molecule has 1 amide bonds. The quantitative estimate of drug-likeness (QED) is 0.855. The fourth-order valence-electron chi connectivity index (χ4n) is 2.45. The summed E-state index contributed by atoms with van der Waals surface area (Å²) in [6.07, 6.45) is 5.84. The minimum atomic E-state index is -0.498. The molecule has 0 saturated heterocycles. The number of carbonyl (C=O) groups excluding carboxylic acids is 1. The van der Waals surface area contributed by atoms with Gasteiger partial charge in [-0.05, 0) is 30.7 Å². The molecule has 0 bridgehead atoms. The summed E-state index contributed by atoms with van der Waals surface area (Å²) in [5, 5.41) is 2.83. The summed E-state index contributed by atoms with van der Waals surface area (Å²) in [6, 6.07) is 1.19. The van der Waals surface area contributed by atoms with Crippen molar-refractivity contribution >= 4 is 17.5 Å². The number of hydrogen-bond donors (Lipinski definition) is 1. The van der Waals surface area contributed by atoms with Gasteiger partial charge in [-0.3, -0.25) is 9.78 Å². The number of hydrogen-bond acceptors (Lipinski definition) is 2. The molecule has 1 aliphatic carbocycles. The highest BCUT2D eigenvalue weighted by Gasteiger charge is 2.26. The Morgan fingerprint density at radius 3 is 2.94 bits per heavy atom. The molecule has 98 valence electrons. The van der Waals surface area contributed by atoms with E-state index in [2.05, 4.69) is 10.3 Å². The number of halogens is 2. The van der Waals surface area contributed by atoms with Crippen LogP contribution in [-0.2, 0) is 0 Å². The second-order valence-electron chi connectivity index (χ2n) is 4.71. The number of amides is 1. The molecule has 2 atom stereocenters. The standard InChI is InChI=1S/C13H16ClFN2O/c14-5-9-2-1-3-10(9)7-17-13(18)11-4-12(15)8-16-6-11/h4,6,8-10H,1-3,5,7H2,(H,17,18). The summed E-state index contributed by atoms with van der Waals surface area (Å²) >= 11 is 5.88. The van der Waals surface area contributed by atoms with Crippen molar-refractivity contribution in [3.05, 3.63) is 29.8 Å².